The standard InChI is InChI=1S/C16H17ClN2O2S/c1-11-6-7-16(14(17)8-11)22(20,21)19-10-13(18)9-12-4-2-3-5-15(12)19/h2-8,13H,9-10,18H2,1H3. The van der Waals surface area contributed by atoms with Gasteiger partial charge >= 0.3 is 0 Å². The maximum absolute atomic E-state index is 13.0. The Balaban J connectivity index is 2.13. The number of sulfonamides is 1. The molecular formula is C16H17ClN2O2S. The lowest BCUT2D eigenvalue weighted by molar-refractivity contribution is 0.575. The molecule has 116 valence electrons. The topological polar surface area (TPSA) is 63.4 Å². The number of hydrogen-bond acceptors (Lipinski definition) is 3. The molecule has 1 aliphatic heterocycles. The van der Waals surface area contributed by atoms with Gasteiger partial charge in [0, 0.05) is 12.6 Å². The van der Waals surface area contributed by atoms with E-state index in [1.54, 1.807) is 24.3 Å². The van der Waals surface area contributed by atoms with Crippen molar-refractivity contribution in [3.05, 3.63) is 58.6 Å². The molecule has 22 heavy (non-hydrogen) atoms. The minimum atomic E-state index is -3.73. The fourth-order valence-electron chi connectivity index (χ4n) is 2.75. The number of hydrogen-bond donors (Lipinski definition) is 1. The molecule has 0 saturated carbocycles. The molecule has 0 bridgehead atoms. The smallest absolute Gasteiger partial charge is 0.265 e. The number of para-hydroxylation sites is 1. The number of anilines is 1. The van der Waals surface area contributed by atoms with E-state index in [9.17, 15) is 8.42 Å². The molecule has 1 aliphatic rings. The molecule has 2 aromatic rings. The van der Waals surface area contributed by atoms with E-state index in [-0.39, 0.29) is 22.5 Å². The highest BCUT2D eigenvalue weighted by molar-refractivity contribution is 7.93. The van der Waals surface area contributed by atoms with Gasteiger partial charge in [0.1, 0.15) is 4.90 Å². The van der Waals surface area contributed by atoms with Gasteiger partial charge in [-0.25, -0.2) is 8.42 Å². The van der Waals surface area contributed by atoms with Gasteiger partial charge in [-0.1, -0.05) is 35.9 Å². The summed E-state index contributed by atoms with van der Waals surface area (Å²) < 4.78 is 27.4. The molecule has 1 unspecified atom stereocenters. The highest BCUT2D eigenvalue weighted by atomic mass is 35.5. The van der Waals surface area contributed by atoms with Gasteiger partial charge in [0.05, 0.1) is 10.7 Å². The molecule has 4 nitrogen and oxygen atoms in total. The van der Waals surface area contributed by atoms with E-state index in [0.29, 0.717) is 12.1 Å². The molecular weight excluding hydrogens is 320 g/mol. The molecule has 2 N–H and O–H groups in total. The van der Waals surface area contributed by atoms with Gasteiger partial charge in [-0.3, -0.25) is 4.31 Å². The molecule has 6 heteroatoms. The van der Waals surface area contributed by atoms with Crippen LogP contribution < -0.4 is 10.0 Å². The fourth-order valence-corrected chi connectivity index (χ4v) is 4.88. The Hall–Kier alpha value is -1.56. The summed E-state index contributed by atoms with van der Waals surface area (Å²) >= 11 is 6.16. The second-order valence-corrected chi connectivity index (χ2v) is 7.80. The van der Waals surface area contributed by atoms with Gasteiger partial charge in [0.2, 0.25) is 0 Å². The summed E-state index contributed by atoms with van der Waals surface area (Å²) in [5.41, 5.74) is 8.57. The van der Waals surface area contributed by atoms with Crippen molar-refractivity contribution >= 4 is 27.3 Å². The third kappa shape index (κ3) is 2.60. The van der Waals surface area contributed by atoms with Crippen LogP contribution >= 0.6 is 11.6 Å². The minimum absolute atomic E-state index is 0.115. The molecule has 0 fully saturated rings. The molecule has 0 aromatic heterocycles. The van der Waals surface area contributed by atoms with Crippen molar-refractivity contribution in [1.29, 1.82) is 0 Å². The van der Waals surface area contributed by atoms with Crippen LogP contribution in [0.2, 0.25) is 5.02 Å². The van der Waals surface area contributed by atoms with E-state index >= 15 is 0 Å². The molecule has 0 spiro atoms. The van der Waals surface area contributed by atoms with E-state index in [1.165, 1.54) is 4.31 Å². The van der Waals surface area contributed by atoms with E-state index < -0.39 is 10.0 Å². The first-order chi connectivity index (χ1) is 10.4. The van der Waals surface area contributed by atoms with Crippen molar-refractivity contribution in [3.8, 4) is 0 Å². The minimum Gasteiger partial charge on any atom is -0.326 e. The summed E-state index contributed by atoms with van der Waals surface area (Å²) in [7, 11) is -3.73. The maximum Gasteiger partial charge on any atom is 0.265 e. The SMILES string of the molecule is Cc1ccc(S(=O)(=O)N2CC(N)Cc3ccccc32)c(Cl)c1. The van der Waals surface area contributed by atoms with Crippen LogP contribution in [0.4, 0.5) is 5.69 Å². The molecule has 0 aliphatic carbocycles. The molecule has 0 radical (unpaired) electrons. The first-order valence-electron chi connectivity index (χ1n) is 7.02. The molecule has 1 heterocycles. The van der Waals surface area contributed by atoms with Crippen molar-refractivity contribution < 1.29 is 8.42 Å². The summed E-state index contributed by atoms with van der Waals surface area (Å²) in [6.07, 6.45) is 0.670. The van der Waals surface area contributed by atoms with Crippen LogP contribution in [0.5, 0.6) is 0 Å². The van der Waals surface area contributed by atoms with E-state index in [1.807, 2.05) is 25.1 Å². The number of nitrogens with zero attached hydrogens (tertiary/aromatic N) is 1. The monoisotopic (exact) mass is 336 g/mol. The van der Waals surface area contributed by atoms with Gasteiger partial charge in [0.25, 0.3) is 10.0 Å². The number of benzene rings is 2. The number of aryl methyl sites for hydroxylation is 1. The Morgan fingerprint density at radius 3 is 2.68 bits per heavy atom. The number of fused-ring (bicyclic) bond motifs is 1. The van der Waals surface area contributed by atoms with E-state index in [4.69, 9.17) is 17.3 Å². The molecule has 0 amide bonds. The lowest BCUT2D eigenvalue weighted by atomic mass is 10.0. The number of rotatable bonds is 2. The normalized spacial score (nSPS) is 18.1. The summed E-state index contributed by atoms with van der Waals surface area (Å²) in [5, 5.41) is 0.233. The number of halogens is 1. The van der Waals surface area contributed by atoms with E-state index in [2.05, 4.69) is 0 Å². The van der Waals surface area contributed by atoms with Gasteiger partial charge in [0.15, 0.2) is 0 Å². The second-order valence-electron chi connectivity index (χ2n) is 5.56. The predicted molar refractivity (Wildman–Crippen MR) is 88.8 cm³/mol. The summed E-state index contributed by atoms with van der Waals surface area (Å²) in [6.45, 7) is 2.12. The highest BCUT2D eigenvalue weighted by Gasteiger charge is 2.33. The Kier molecular flexibility index (Phi) is 3.89. The van der Waals surface area contributed by atoms with Crippen LogP contribution in [0, 0.1) is 6.92 Å². The highest BCUT2D eigenvalue weighted by Crippen LogP contribution is 2.33. The van der Waals surface area contributed by atoms with Crippen molar-refractivity contribution in [2.45, 2.75) is 24.3 Å². The lowest BCUT2D eigenvalue weighted by Crippen LogP contribution is -2.46. The van der Waals surface area contributed by atoms with Crippen LogP contribution in [0.25, 0.3) is 0 Å². The van der Waals surface area contributed by atoms with Crippen molar-refractivity contribution in [2.24, 2.45) is 5.73 Å². The van der Waals surface area contributed by atoms with Crippen molar-refractivity contribution in [2.75, 3.05) is 10.8 Å². The zero-order valence-electron chi connectivity index (χ0n) is 12.2. The van der Waals surface area contributed by atoms with Gasteiger partial charge in [-0.2, -0.15) is 0 Å². The van der Waals surface area contributed by atoms with Crippen molar-refractivity contribution in [3.63, 3.8) is 0 Å². The second kappa shape index (κ2) is 5.57. The van der Waals surface area contributed by atoms with Crippen LogP contribution in [0.1, 0.15) is 11.1 Å². The molecule has 0 saturated heterocycles. The zero-order valence-corrected chi connectivity index (χ0v) is 13.7. The van der Waals surface area contributed by atoms with Crippen LogP contribution in [-0.4, -0.2) is 21.0 Å². The first-order valence-corrected chi connectivity index (χ1v) is 8.84. The molecule has 1 atom stereocenters. The van der Waals surface area contributed by atoms with Gasteiger partial charge in [-0.05, 0) is 42.7 Å². The fraction of sp³-hybridized carbons (Fsp3) is 0.250. The average molecular weight is 337 g/mol. The zero-order chi connectivity index (χ0) is 15.9. The van der Waals surface area contributed by atoms with Crippen LogP contribution in [-0.2, 0) is 16.4 Å². The Morgan fingerprint density at radius 2 is 1.95 bits per heavy atom. The van der Waals surface area contributed by atoms with Crippen LogP contribution in [0.15, 0.2) is 47.4 Å². The third-order valence-electron chi connectivity index (χ3n) is 3.80. The van der Waals surface area contributed by atoms with Gasteiger partial charge in [-0.15, -0.1) is 0 Å². The largest absolute Gasteiger partial charge is 0.326 e. The van der Waals surface area contributed by atoms with Crippen LogP contribution in [0.3, 0.4) is 0 Å². The first kappa shape index (κ1) is 15.3. The molecule has 2 aromatic carbocycles. The molecule has 3 rings (SSSR count). The predicted octanol–water partition coefficient (Wildman–Crippen LogP) is 2.73. The summed E-state index contributed by atoms with van der Waals surface area (Å²) in [5.74, 6) is 0. The lowest BCUT2D eigenvalue weighted by Gasteiger charge is -2.33. The van der Waals surface area contributed by atoms with Crippen molar-refractivity contribution in [1.82, 2.24) is 0 Å². The van der Waals surface area contributed by atoms with Gasteiger partial charge < -0.3 is 5.73 Å². The van der Waals surface area contributed by atoms with E-state index in [0.717, 1.165) is 11.1 Å². The Morgan fingerprint density at radius 1 is 1.23 bits per heavy atom. The summed E-state index contributed by atoms with van der Waals surface area (Å²) in [6, 6.07) is 12.2. The average Bonchev–Trinajstić information content (AvgIpc) is 2.45. The Labute approximate surface area is 135 Å². The number of nitrogens with two attached hydrogens (primary N) is 1. The Bertz CT molecular complexity index is 821. The third-order valence-corrected chi connectivity index (χ3v) is 6.06. The quantitative estimate of drug-likeness (QED) is 0.917. The summed E-state index contributed by atoms with van der Waals surface area (Å²) in [4.78, 5) is 0.115. The maximum atomic E-state index is 13.0.